The largest absolute Gasteiger partial charge is 0.0654 e. The first-order valence-electron chi connectivity index (χ1n) is 10.3. The lowest BCUT2D eigenvalue weighted by atomic mass is 9.84. The van der Waals surface area contributed by atoms with E-state index >= 15 is 0 Å². The highest BCUT2D eigenvalue weighted by atomic mass is 14.2. The van der Waals surface area contributed by atoms with Gasteiger partial charge in [-0.15, -0.1) is 0 Å². The zero-order valence-electron chi connectivity index (χ0n) is 16.6. The van der Waals surface area contributed by atoms with E-state index in [1.807, 2.05) is 0 Å². The summed E-state index contributed by atoms with van der Waals surface area (Å²) in [6.45, 7) is 11.7. The summed E-state index contributed by atoms with van der Waals surface area (Å²) >= 11 is 0. The second-order valence-electron chi connectivity index (χ2n) is 7.19. The van der Waals surface area contributed by atoms with Crippen LogP contribution in [0.2, 0.25) is 0 Å². The van der Waals surface area contributed by atoms with Crippen LogP contribution in [0.3, 0.4) is 0 Å². The van der Waals surface area contributed by atoms with Gasteiger partial charge in [0.25, 0.3) is 0 Å². The summed E-state index contributed by atoms with van der Waals surface area (Å²) in [5, 5.41) is 0. The van der Waals surface area contributed by atoms with Gasteiger partial charge < -0.3 is 0 Å². The van der Waals surface area contributed by atoms with Crippen molar-refractivity contribution in [2.24, 2.45) is 0 Å². The lowest BCUT2D eigenvalue weighted by molar-refractivity contribution is 0.723. The second kappa shape index (κ2) is 11.7. The summed E-state index contributed by atoms with van der Waals surface area (Å²) in [5.41, 5.74) is 8.40. The van der Waals surface area contributed by atoms with E-state index in [2.05, 4.69) is 40.7 Å². The lowest BCUT2D eigenvalue weighted by Crippen LogP contribution is -2.07. The molecule has 0 aliphatic rings. The van der Waals surface area contributed by atoms with Gasteiger partial charge in [0, 0.05) is 0 Å². The highest BCUT2D eigenvalue weighted by Gasteiger charge is 2.14. The third kappa shape index (κ3) is 6.32. The monoisotopic (exact) mass is 316 g/mol. The number of aryl methyl sites for hydroxylation is 2. The second-order valence-corrected chi connectivity index (χ2v) is 7.19. The Hall–Kier alpha value is -0.780. The van der Waals surface area contributed by atoms with Crippen LogP contribution in [0.25, 0.3) is 0 Å². The molecule has 0 N–H and O–H groups in total. The molecule has 1 aromatic carbocycles. The molecule has 0 heteroatoms. The van der Waals surface area contributed by atoms with E-state index in [4.69, 9.17) is 0 Å². The predicted octanol–water partition coefficient (Wildman–Crippen LogP) is 7.37. The number of hydrogen-bond acceptors (Lipinski definition) is 0. The minimum atomic E-state index is 1.27. The van der Waals surface area contributed by atoms with Crippen molar-refractivity contribution < 1.29 is 0 Å². The summed E-state index contributed by atoms with van der Waals surface area (Å²) in [6, 6.07) is 2.58. The van der Waals surface area contributed by atoms with E-state index in [1.165, 1.54) is 77.0 Å². The number of unbranched alkanes of at least 4 members (excludes halogenated alkanes) is 4. The Morgan fingerprint density at radius 2 is 1.00 bits per heavy atom. The molecular formula is C23H40. The average molecular weight is 317 g/mol. The van der Waals surface area contributed by atoms with Gasteiger partial charge in [0.05, 0.1) is 0 Å². The van der Waals surface area contributed by atoms with Gasteiger partial charge in [-0.3, -0.25) is 0 Å². The number of hydrogen-bond donors (Lipinski definition) is 0. The van der Waals surface area contributed by atoms with Crippen LogP contribution in [0.1, 0.15) is 107 Å². The van der Waals surface area contributed by atoms with Gasteiger partial charge in [-0.25, -0.2) is 0 Å². The van der Waals surface area contributed by atoms with Gasteiger partial charge in [-0.1, -0.05) is 59.4 Å². The first-order valence-corrected chi connectivity index (χ1v) is 10.3. The van der Waals surface area contributed by atoms with Gasteiger partial charge in [0.15, 0.2) is 0 Å². The van der Waals surface area contributed by atoms with E-state index in [9.17, 15) is 0 Å². The van der Waals surface area contributed by atoms with E-state index < -0.39 is 0 Å². The molecule has 0 spiro atoms. The molecule has 0 nitrogen and oxygen atoms in total. The van der Waals surface area contributed by atoms with Crippen LogP contribution in [-0.4, -0.2) is 0 Å². The van der Waals surface area contributed by atoms with Crippen molar-refractivity contribution in [1.29, 1.82) is 0 Å². The molecule has 1 rings (SSSR count). The molecule has 0 amide bonds. The smallest absolute Gasteiger partial charge is 0.0273 e. The van der Waals surface area contributed by atoms with E-state index in [-0.39, 0.29) is 0 Å². The predicted molar refractivity (Wildman–Crippen MR) is 106 cm³/mol. The maximum atomic E-state index is 2.58. The Bertz CT molecular complexity index is 442. The lowest BCUT2D eigenvalue weighted by Gasteiger charge is -2.21. The van der Waals surface area contributed by atoms with Gasteiger partial charge in [0.1, 0.15) is 0 Å². The quantitative estimate of drug-likeness (QED) is 0.377. The van der Waals surface area contributed by atoms with Crippen LogP contribution >= 0.6 is 0 Å². The molecule has 0 heterocycles. The molecule has 0 aliphatic heterocycles. The Labute approximate surface area is 146 Å². The normalized spacial score (nSPS) is 11.2. The van der Waals surface area contributed by atoms with Crippen molar-refractivity contribution in [2.75, 3.05) is 0 Å². The molecular weight excluding hydrogens is 276 g/mol. The molecule has 0 unspecified atom stereocenters. The summed E-state index contributed by atoms with van der Waals surface area (Å²) < 4.78 is 0. The summed E-state index contributed by atoms with van der Waals surface area (Å²) in [6.07, 6.45) is 15.7. The molecule has 0 saturated heterocycles. The Balaban J connectivity index is 3.24. The SMILES string of the molecule is CCCCc1cc(CCCC)c(CCCC)c(CCCC)c1C. The highest BCUT2D eigenvalue weighted by molar-refractivity contribution is 5.46. The third-order valence-corrected chi connectivity index (χ3v) is 5.19. The first-order chi connectivity index (χ1) is 11.2. The van der Waals surface area contributed by atoms with Crippen molar-refractivity contribution >= 4 is 0 Å². The van der Waals surface area contributed by atoms with Crippen LogP contribution in [0, 0.1) is 6.92 Å². The average Bonchev–Trinajstić information content (AvgIpc) is 2.56. The molecule has 0 saturated carbocycles. The van der Waals surface area contributed by atoms with Crippen molar-refractivity contribution in [1.82, 2.24) is 0 Å². The molecule has 0 atom stereocenters. The van der Waals surface area contributed by atoms with Crippen molar-refractivity contribution in [3.63, 3.8) is 0 Å². The molecule has 0 bridgehead atoms. The minimum absolute atomic E-state index is 1.27. The highest BCUT2D eigenvalue weighted by Crippen LogP contribution is 2.29. The fraction of sp³-hybridized carbons (Fsp3) is 0.739. The van der Waals surface area contributed by atoms with Crippen LogP contribution in [-0.2, 0) is 25.7 Å². The molecule has 0 fully saturated rings. The topological polar surface area (TPSA) is 0 Å². The molecule has 0 aliphatic carbocycles. The summed E-state index contributed by atoms with van der Waals surface area (Å²) in [5.74, 6) is 0. The standard InChI is InChI=1S/C23H40/c1-6-10-14-20-18-21(15-11-7-2)23(17-13-9-4)22(19(20)5)16-12-8-3/h18H,6-17H2,1-5H3. The minimum Gasteiger partial charge on any atom is -0.0654 e. The van der Waals surface area contributed by atoms with E-state index in [0.29, 0.717) is 0 Å². The van der Waals surface area contributed by atoms with Crippen LogP contribution in [0.5, 0.6) is 0 Å². The first kappa shape index (κ1) is 20.3. The van der Waals surface area contributed by atoms with Crippen LogP contribution < -0.4 is 0 Å². The van der Waals surface area contributed by atoms with Gasteiger partial charge in [0.2, 0.25) is 0 Å². The Morgan fingerprint density at radius 3 is 1.52 bits per heavy atom. The van der Waals surface area contributed by atoms with Crippen LogP contribution in [0.15, 0.2) is 6.07 Å². The number of benzene rings is 1. The molecule has 1 aromatic rings. The van der Waals surface area contributed by atoms with E-state index in [0.717, 1.165) is 0 Å². The zero-order valence-corrected chi connectivity index (χ0v) is 16.6. The molecule has 0 aromatic heterocycles. The zero-order chi connectivity index (χ0) is 17.1. The van der Waals surface area contributed by atoms with Crippen molar-refractivity contribution in [3.05, 3.63) is 33.9 Å². The summed E-state index contributed by atoms with van der Waals surface area (Å²) in [7, 11) is 0. The fourth-order valence-corrected chi connectivity index (χ4v) is 3.59. The van der Waals surface area contributed by atoms with Gasteiger partial charge >= 0.3 is 0 Å². The number of rotatable bonds is 12. The Morgan fingerprint density at radius 1 is 0.565 bits per heavy atom. The third-order valence-electron chi connectivity index (χ3n) is 5.19. The maximum Gasteiger partial charge on any atom is -0.0273 e. The summed E-state index contributed by atoms with van der Waals surface area (Å²) in [4.78, 5) is 0. The Kier molecular flexibility index (Phi) is 10.3. The van der Waals surface area contributed by atoms with Gasteiger partial charge in [-0.05, 0) is 86.1 Å². The molecule has 0 radical (unpaired) electrons. The van der Waals surface area contributed by atoms with Crippen molar-refractivity contribution in [2.45, 2.75) is 112 Å². The fourth-order valence-electron chi connectivity index (χ4n) is 3.59. The maximum absolute atomic E-state index is 2.58. The molecule has 23 heavy (non-hydrogen) atoms. The van der Waals surface area contributed by atoms with Crippen LogP contribution in [0.4, 0.5) is 0 Å². The van der Waals surface area contributed by atoms with Crippen molar-refractivity contribution in [3.8, 4) is 0 Å². The molecule has 132 valence electrons. The van der Waals surface area contributed by atoms with E-state index in [1.54, 1.807) is 27.8 Å². The van der Waals surface area contributed by atoms with Gasteiger partial charge in [-0.2, -0.15) is 0 Å².